The van der Waals surface area contributed by atoms with E-state index in [4.69, 9.17) is 9.05 Å². The van der Waals surface area contributed by atoms with Crippen LogP contribution in [0.2, 0.25) is 0 Å². The Balaban J connectivity index is 1.85. The number of rotatable bonds is 13. The summed E-state index contributed by atoms with van der Waals surface area (Å²) in [6.07, 6.45) is 6.05. The minimum absolute atomic E-state index is 0.0684. The van der Waals surface area contributed by atoms with Gasteiger partial charge in [0.05, 0.1) is 32.1 Å². The van der Waals surface area contributed by atoms with Gasteiger partial charge in [0, 0.05) is 19.4 Å². The Morgan fingerprint density at radius 3 is 2.52 bits per heavy atom. The van der Waals surface area contributed by atoms with Gasteiger partial charge < -0.3 is 24.0 Å². The molecule has 0 radical (unpaired) electrons. The number of carbonyl (C=O) groups excluding carboxylic acids is 1. The van der Waals surface area contributed by atoms with Crippen molar-refractivity contribution in [2.75, 3.05) is 27.0 Å². The van der Waals surface area contributed by atoms with Crippen LogP contribution >= 0.6 is 7.60 Å². The standard InChI is InChI=1S/C23H35O7P/c1-28-23(26)13-9-4-3-8-12-19-20(22(25)16-21(19)24)17-30-31(27,29-2)15-14-18-10-6-5-7-11-18/h3,5-8,10-11,19-22,24-25H,4,9,12-17H2,1-2H3/b8-3-/t19?,20-,21+,22-,31?/m1/s1. The number of methoxy groups -OCH3 is 1. The van der Waals surface area contributed by atoms with E-state index >= 15 is 0 Å². The molecule has 0 spiro atoms. The molecule has 5 atom stereocenters. The van der Waals surface area contributed by atoms with Crippen molar-refractivity contribution < 1.29 is 33.4 Å². The molecule has 174 valence electrons. The van der Waals surface area contributed by atoms with Gasteiger partial charge in [0.1, 0.15) is 0 Å². The summed E-state index contributed by atoms with van der Waals surface area (Å²) in [7, 11) is -0.551. The van der Waals surface area contributed by atoms with Gasteiger partial charge >= 0.3 is 13.6 Å². The van der Waals surface area contributed by atoms with Crippen LogP contribution in [0.15, 0.2) is 42.5 Å². The Morgan fingerprint density at radius 2 is 1.84 bits per heavy atom. The zero-order valence-electron chi connectivity index (χ0n) is 18.4. The number of ether oxygens (including phenoxy) is 1. The maximum Gasteiger partial charge on any atom is 0.330 e. The third-order valence-corrected chi connectivity index (χ3v) is 7.70. The number of hydrogen-bond acceptors (Lipinski definition) is 7. The van der Waals surface area contributed by atoms with Gasteiger partial charge in [0.15, 0.2) is 0 Å². The van der Waals surface area contributed by atoms with Crippen molar-refractivity contribution in [2.24, 2.45) is 11.8 Å². The molecule has 0 saturated heterocycles. The lowest BCUT2D eigenvalue weighted by molar-refractivity contribution is -0.140. The minimum atomic E-state index is -3.30. The van der Waals surface area contributed by atoms with Gasteiger partial charge in [-0.3, -0.25) is 9.36 Å². The number of hydrogen-bond donors (Lipinski definition) is 2. The summed E-state index contributed by atoms with van der Waals surface area (Å²) in [6.45, 7) is 0.0684. The maximum atomic E-state index is 13.0. The molecule has 0 aliphatic heterocycles. The van der Waals surface area contributed by atoms with Crippen LogP contribution in [0, 0.1) is 11.8 Å². The number of benzene rings is 1. The summed E-state index contributed by atoms with van der Waals surface area (Å²) in [5.74, 6) is -0.740. The van der Waals surface area contributed by atoms with Gasteiger partial charge in [0.25, 0.3) is 0 Å². The highest BCUT2D eigenvalue weighted by Gasteiger charge is 2.42. The lowest BCUT2D eigenvalue weighted by atomic mass is 9.91. The number of aliphatic hydroxyl groups excluding tert-OH is 2. The van der Waals surface area contributed by atoms with Crippen molar-refractivity contribution in [1.82, 2.24) is 0 Å². The molecule has 8 heteroatoms. The van der Waals surface area contributed by atoms with Gasteiger partial charge in [0.2, 0.25) is 0 Å². The molecule has 0 heterocycles. The molecule has 0 bridgehead atoms. The molecule has 2 unspecified atom stereocenters. The van der Waals surface area contributed by atoms with E-state index in [-0.39, 0.29) is 37.0 Å². The number of carbonyl (C=O) groups is 1. The molecule has 1 saturated carbocycles. The fourth-order valence-electron chi connectivity index (χ4n) is 3.89. The van der Waals surface area contributed by atoms with Crippen LogP contribution in [0.5, 0.6) is 0 Å². The third-order valence-electron chi connectivity index (χ3n) is 5.83. The first-order valence-electron chi connectivity index (χ1n) is 10.8. The first kappa shape index (κ1) is 25.8. The summed E-state index contributed by atoms with van der Waals surface area (Å²) in [5, 5.41) is 20.8. The predicted molar refractivity (Wildman–Crippen MR) is 119 cm³/mol. The molecule has 0 aromatic heterocycles. The van der Waals surface area contributed by atoms with Crippen LogP contribution in [0.3, 0.4) is 0 Å². The molecular formula is C23H35O7P. The van der Waals surface area contributed by atoms with Crippen molar-refractivity contribution in [2.45, 2.75) is 50.7 Å². The number of esters is 1. The smallest absolute Gasteiger partial charge is 0.330 e. The van der Waals surface area contributed by atoms with Crippen molar-refractivity contribution >= 4 is 13.6 Å². The zero-order valence-corrected chi connectivity index (χ0v) is 19.3. The second kappa shape index (κ2) is 13.1. The van der Waals surface area contributed by atoms with E-state index in [0.29, 0.717) is 25.7 Å². The largest absolute Gasteiger partial charge is 0.469 e. The van der Waals surface area contributed by atoms with Crippen molar-refractivity contribution in [1.29, 1.82) is 0 Å². The van der Waals surface area contributed by atoms with E-state index in [1.165, 1.54) is 14.2 Å². The van der Waals surface area contributed by atoms with Crippen LogP contribution in [-0.4, -0.2) is 55.4 Å². The molecule has 1 aromatic carbocycles. The van der Waals surface area contributed by atoms with Gasteiger partial charge in [-0.1, -0.05) is 42.5 Å². The van der Waals surface area contributed by atoms with E-state index < -0.39 is 19.8 Å². The van der Waals surface area contributed by atoms with Crippen LogP contribution in [0.4, 0.5) is 0 Å². The van der Waals surface area contributed by atoms with E-state index in [1.54, 1.807) is 0 Å². The first-order chi connectivity index (χ1) is 14.9. The lowest BCUT2D eigenvalue weighted by Gasteiger charge is -2.25. The summed E-state index contributed by atoms with van der Waals surface area (Å²) in [6, 6.07) is 9.71. The molecule has 1 aliphatic rings. The molecule has 2 rings (SSSR count). The van der Waals surface area contributed by atoms with Crippen molar-refractivity contribution in [3.05, 3.63) is 48.0 Å². The number of aliphatic hydroxyl groups is 2. The quantitative estimate of drug-likeness (QED) is 0.203. The highest BCUT2D eigenvalue weighted by molar-refractivity contribution is 7.53. The number of aryl methyl sites for hydroxylation is 1. The lowest BCUT2D eigenvalue weighted by Crippen LogP contribution is -2.26. The molecule has 31 heavy (non-hydrogen) atoms. The second-order valence-corrected chi connectivity index (χ2v) is 10.2. The van der Waals surface area contributed by atoms with E-state index in [0.717, 1.165) is 12.0 Å². The van der Waals surface area contributed by atoms with Crippen molar-refractivity contribution in [3.8, 4) is 0 Å². The third kappa shape index (κ3) is 8.51. The number of allylic oxidation sites excluding steroid dienone is 2. The SMILES string of the molecule is COC(=O)CCC/C=C\CC1[C@@H](COP(=O)(CCc2ccccc2)OC)[C@H](O)C[C@@H]1O. The summed E-state index contributed by atoms with van der Waals surface area (Å²) < 4.78 is 28.5. The fraction of sp³-hybridized carbons (Fsp3) is 0.609. The summed E-state index contributed by atoms with van der Waals surface area (Å²) in [5.41, 5.74) is 1.05. The van der Waals surface area contributed by atoms with Gasteiger partial charge in [-0.05, 0) is 43.6 Å². The average molecular weight is 455 g/mol. The Kier molecular flexibility index (Phi) is 10.9. The molecule has 2 N–H and O–H groups in total. The highest BCUT2D eigenvalue weighted by atomic mass is 31.2. The Hall–Kier alpha value is -1.50. The molecule has 1 aromatic rings. The molecule has 7 nitrogen and oxygen atoms in total. The maximum absolute atomic E-state index is 13.0. The molecular weight excluding hydrogens is 419 g/mol. The summed E-state index contributed by atoms with van der Waals surface area (Å²) in [4.78, 5) is 11.1. The van der Waals surface area contributed by atoms with Crippen LogP contribution in [0.25, 0.3) is 0 Å². The van der Waals surface area contributed by atoms with Crippen LogP contribution in [0.1, 0.15) is 37.7 Å². The van der Waals surface area contributed by atoms with Gasteiger partial charge in [-0.25, -0.2) is 0 Å². The van der Waals surface area contributed by atoms with Crippen molar-refractivity contribution in [3.63, 3.8) is 0 Å². The minimum Gasteiger partial charge on any atom is -0.469 e. The molecule has 0 amide bonds. The monoisotopic (exact) mass is 454 g/mol. The highest BCUT2D eigenvalue weighted by Crippen LogP contribution is 2.49. The average Bonchev–Trinajstić information content (AvgIpc) is 3.05. The van der Waals surface area contributed by atoms with Gasteiger partial charge in [-0.2, -0.15) is 0 Å². The molecule has 1 fully saturated rings. The van der Waals surface area contributed by atoms with Gasteiger partial charge in [-0.15, -0.1) is 0 Å². The van der Waals surface area contributed by atoms with Crippen LogP contribution in [-0.2, 0) is 29.6 Å². The Bertz CT molecular complexity index is 737. The molecule has 1 aliphatic carbocycles. The van der Waals surface area contributed by atoms with Crippen LogP contribution < -0.4 is 0 Å². The Labute approximate surface area is 184 Å². The topological polar surface area (TPSA) is 102 Å². The zero-order chi connectivity index (χ0) is 22.7. The number of unbranched alkanes of at least 4 members (excludes halogenated alkanes) is 1. The van der Waals surface area contributed by atoms with E-state index in [9.17, 15) is 19.6 Å². The fourth-order valence-corrected chi connectivity index (χ4v) is 5.24. The predicted octanol–water partition coefficient (Wildman–Crippen LogP) is 3.73. The van der Waals surface area contributed by atoms with E-state index in [1.807, 2.05) is 42.5 Å². The normalized spacial score (nSPS) is 25.5. The van der Waals surface area contributed by atoms with E-state index in [2.05, 4.69) is 4.74 Å². The first-order valence-corrected chi connectivity index (χ1v) is 12.5. The Morgan fingerprint density at radius 1 is 1.13 bits per heavy atom. The second-order valence-electron chi connectivity index (χ2n) is 7.92. The summed E-state index contributed by atoms with van der Waals surface area (Å²) >= 11 is 0.